The van der Waals surface area contributed by atoms with Gasteiger partial charge in [-0.3, -0.25) is 0 Å². The van der Waals surface area contributed by atoms with Crippen molar-refractivity contribution in [2.24, 2.45) is 0 Å². The molecule has 0 saturated carbocycles. The fraction of sp³-hybridized carbons (Fsp3) is 0.538. The zero-order valence-electron chi connectivity index (χ0n) is 12.0. The molecule has 0 aromatic heterocycles. The largest absolute Gasteiger partial charge is 0.391 e. The summed E-state index contributed by atoms with van der Waals surface area (Å²) in [5.41, 5.74) is 0. The van der Waals surface area contributed by atoms with Crippen molar-refractivity contribution in [3.05, 3.63) is 29.1 Å². The molecule has 1 rings (SSSR count). The minimum atomic E-state index is -3.74. The molecule has 0 atom stereocenters. The standard InChI is InChI=1S/C13H17F5O2Si/c1-4-6-19-21(3,20-7-5-2)13-11(17)9(15)8(14)10(16)12(13)18/h4-7H2,1-3H3. The summed E-state index contributed by atoms with van der Waals surface area (Å²) in [5, 5.41) is -0.971. The Kier molecular flexibility index (Phi) is 6.30. The van der Waals surface area contributed by atoms with E-state index in [1.54, 1.807) is 13.8 Å². The lowest BCUT2D eigenvalue weighted by Crippen LogP contribution is -2.55. The second kappa shape index (κ2) is 7.32. The molecule has 0 aliphatic heterocycles. The highest BCUT2D eigenvalue weighted by molar-refractivity contribution is 6.80. The molecule has 1 aromatic rings. The first-order valence-electron chi connectivity index (χ1n) is 6.59. The molecule has 1 aromatic carbocycles. The summed E-state index contributed by atoms with van der Waals surface area (Å²) in [6, 6.07) is 0. The lowest BCUT2D eigenvalue weighted by Gasteiger charge is -2.28. The normalized spacial score (nSPS) is 12.0. The highest BCUT2D eigenvalue weighted by Gasteiger charge is 2.43. The van der Waals surface area contributed by atoms with Crippen molar-refractivity contribution in [3.8, 4) is 0 Å². The Balaban J connectivity index is 3.43. The predicted octanol–water partition coefficient (Wildman–Crippen LogP) is 3.51. The van der Waals surface area contributed by atoms with Gasteiger partial charge in [-0.25, -0.2) is 22.0 Å². The molecule has 0 spiro atoms. The van der Waals surface area contributed by atoms with Crippen LogP contribution in [0.1, 0.15) is 26.7 Å². The van der Waals surface area contributed by atoms with Gasteiger partial charge in [-0.15, -0.1) is 0 Å². The number of rotatable bonds is 7. The van der Waals surface area contributed by atoms with Crippen LogP contribution in [0, 0.1) is 29.1 Å². The predicted molar refractivity (Wildman–Crippen MR) is 70.0 cm³/mol. The van der Waals surface area contributed by atoms with Crippen molar-refractivity contribution in [1.82, 2.24) is 0 Å². The summed E-state index contributed by atoms with van der Waals surface area (Å²) >= 11 is 0. The third-order valence-corrected chi connectivity index (χ3v) is 5.68. The van der Waals surface area contributed by atoms with Gasteiger partial charge in [0.1, 0.15) is 0 Å². The monoisotopic (exact) mass is 328 g/mol. The molecular weight excluding hydrogens is 311 g/mol. The van der Waals surface area contributed by atoms with Crippen LogP contribution in [0.2, 0.25) is 6.55 Å². The Hall–Kier alpha value is -0.993. The number of halogens is 5. The van der Waals surface area contributed by atoms with Crippen molar-refractivity contribution in [1.29, 1.82) is 0 Å². The van der Waals surface area contributed by atoms with Crippen LogP contribution in [0.4, 0.5) is 22.0 Å². The molecule has 0 aliphatic carbocycles. The molecule has 0 fully saturated rings. The van der Waals surface area contributed by atoms with Crippen LogP contribution < -0.4 is 5.19 Å². The molecule has 0 radical (unpaired) electrons. The van der Waals surface area contributed by atoms with Crippen molar-refractivity contribution in [2.75, 3.05) is 13.2 Å². The molecule has 0 aliphatic rings. The quantitative estimate of drug-likeness (QED) is 0.330. The molecule has 0 bridgehead atoms. The van der Waals surface area contributed by atoms with Crippen LogP contribution in [-0.4, -0.2) is 21.8 Å². The summed E-state index contributed by atoms with van der Waals surface area (Å²) in [5.74, 6) is -9.91. The van der Waals surface area contributed by atoms with Gasteiger partial charge in [-0.1, -0.05) is 13.8 Å². The average molecular weight is 328 g/mol. The van der Waals surface area contributed by atoms with Crippen molar-refractivity contribution in [3.63, 3.8) is 0 Å². The highest BCUT2D eigenvalue weighted by Crippen LogP contribution is 2.21. The van der Waals surface area contributed by atoms with E-state index in [0.717, 1.165) is 0 Å². The molecule has 0 N–H and O–H groups in total. The Morgan fingerprint density at radius 3 is 1.38 bits per heavy atom. The van der Waals surface area contributed by atoms with Crippen LogP contribution in [0.25, 0.3) is 0 Å². The Morgan fingerprint density at radius 2 is 1.05 bits per heavy atom. The van der Waals surface area contributed by atoms with Gasteiger partial charge in [0.15, 0.2) is 23.3 Å². The van der Waals surface area contributed by atoms with Crippen molar-refractivity contribution in [2.45, 2.75) is 33.2 Å². The van der Waals surface area contributed by atoms with E-state index in [4.69, 9.17) is 8.85 Å². The maximum absolute atomic E-state index is 13.9. The van der Waals surface area contributed by atoms with Gasteiger partial charge in [0.25, 0.3) is 0 Å². The van der Waals surface area contributed by atoms with E-state index in [0.29, 0.717) is 12.8 Å². The first-order chi connectivity index (χ1) is 9.80. The summed E-state index contributed by atoms with van der Waals surface area (Å²) in [7, 11) is -3.74. The second-order valence-electron chi connectivity index (χ2n) is 4.59. The van der Waals surface area contributed by atoms with Crippen LogP contribution >= 0.6 is 0 Å². The summed E-state index contributed by atoms with van der Waals surface area (Å²) < 4.78 is 78.3. The molecule has 0 saturated heterocycles. The van der Waals surface area contributed by atoms with E-state index in [2.05, 4.69) is 0 Å². The lowest BCUT2D eigenvalue weighted by atomic mass is 10.3. The third kappa shape index (κ3) is 3.61. The number of hydrogen-bond acceptors (Lipinski definition) is 2. The van der Waals surface area contributed by atoms with Gasteiger partial charge in [0.2, 0.25) is 5.82 Å². The maximum Gasteiger partial charge on any atom is 0.375 e. The fourth-order valence-corrected chi connectivity index (χ4v) is 4.36. The van der Waals surface area contributed by atoms with Gasteiger partial charge in [-0.2, -0.15) is 0 Å². The summed E-state index contributed by atoms with van der Waals surface area (Å²) in [6.45, 7) is 4.99. The molecule has 8 heteroatoms. The maximum atomic E-state index is 13.9. The lowest BCUT2D eigenvalue weighted by molar-refractivity contribution is 0.183. The van der Waals surface area contributed by atoms with Gasteiger partial charge < -0.3 is 8.85 Å². The minimum absolute atomic E-state index is 0.103. The second-order valence-corrected chi connectivity index (χ2v) is 7.56. The van der Waals surface area contributed by atoms with Gasteiger partial charge in [0.05, 0.1) is 5.19 Å². The van der Waals surface area contributed by atoms with Gasteiger partial charge in [0, 0.05) is 13.2 Å². The van der Waals surface area contributed by atoms with Crippen LogP contribution in [-0.2, 0) is 8.85 Å². The molecule has 0 unspecified atom stereocenters. The number of benzene rings is 1. The molecule has 2 nitrogen and oxygen atoms in total. The zero-order chi connectivity index (χ0) is 16.2. The minimum Gasteiger partial charge on any atom is -0.391 e. The van der Waals surface area contributed by atoms with E-state index >= 15 is 0 Å². The zero-order valence-corrected chi connectivity index (χ0v) is 13.0. The Bertz CT molecular complexity index is 473. The molecule has 0 amide bonds. The van der Waals surface area contributed by atoms with Gasteiger partial charge >= 0.3 is 8.56 Å². The molecule has 120 valence electrons. The van der Waals surface area contributed by atoms with E-state index in [1.807, 2.05) is 0 Å². The third-order valence-electron chi connectivity index (χ3n) is 2.83. The fourth-order valence-electron chi connectivity index (χ4n) is 1.78. The number of hydrogen-bond donors (Lipinski definition) is 0. The van der Waals surface area contributed by atoms with E-state index < -0.39 is 42.8 Å². The van der Waals surface area contributed by atoms with E-state index in [1.165, 1.54) is 6.55 Å². The van der Waals surface area contributed by atoms with Crippen LogP contribution in [0.15, 0.2) is 0 Å². The molecule has 21 heavy (non-hydrogen) atoms. The Labute approximate surface area is 121 Å². The van der Waals surface area contributed by atoms with Crippen LogP contribution in [0.5, 0.6) is 0 Å². The topological polar surface area (TPSA) is 18.5 Å². The summed E-state index contributed by atoms with van der Waals surface area (Å²) in [6.07, 6.45) is 1.04. The van der Waals surface area contributed by atoms with E-state index in [9.17, 15) is 22.0 Å². The van der Waals surface area contributed by atoms with Gasteiger partial charge in [-0.05, 0) is 19.4 Å². The first-order valence-corrected chi connectivity index (χ1v) is 8.91. The SMILES string of the molecule is CCCO[Si](C)(OCCC)c1c(F)c(F)c(F)c(F)c1F. The summed E-state index contributed by atoms with van der Waals surface area (Å²) in [4.78, 5) is 0. The first kappa shape index (κ1) is 18.1. The van der Waals surface area contributed by atoms with Crippen LogP contribution in [0.3, 0.4) is 0 Å². The van der Waals surface area contributed by atoms with E-state index in [-0.39, 0.29) is 13.2 Å². The average Bonchev–Trinajstić information content (AvgIpc) is 2.47. The smallest absolute Gasteiger partial charge is 0.375 e. The molecule has 0 heterocycles. The molecular formula is C13H17F5O2Si. The van der Waals surface area contributed by atoms with Crippen molar-refractivity contribution >= 4 is 13.7 Å². The Morgan fingerprint density at radius 1 is 0.714 bits per heavy atom. The highest BCUT2D eigenvalue weighted by atomic mass is 28.4. The van der Waals surface area contributed by atoms with Crippen molar-refractivity contribution < 1.29 is 30.8 Å².